The molecule has 0 radical (unpaired) electrons. The zero-order valence-corrected chi connectivity index (χ0v) is 7.30. The predicted molar refractivity (Wildman–Crippen MR) is 42.9 cm³/mol. The van der Waals surface area contributed by atoms with Crippen LogP contribution in [0.15, 0.2) is 10.9 Å². The van der Waals surface area contributed by atoms with Gasteiger partial charge in [-0.05, 0) is 6.54 Å². The lowest BCUT2D eigenvalue weighted by Crippen LogP contribution is -2.29. The van der Waals surface area contributed by atoms with E-state index >= 15 is 0 Å². The number of carbonyl (C=O) groups is 1. The highest BCUT2D eigenvalue weighted by molar-refractivity contribution is 5.69. The summed E-state index contributed by atoms with van der Waals surface area (Å²) in [7, 11) is 0. The monoisotopic (exact) mass is 185 g/mol. The van der Waals surface area contributed by atoms with Crippen LogP contribution in [0.4, 0.5) is 0 Å². The maximum atomic E-state index is 10.4. The zero-order chi connectivity index (χ0) is 9.68. The first-order valence-electron chi connectivity index (χ1n) is 3.92. The van der Waals surface area contributed by atoms with E-state index in [4.69, 9.17) is 9.63 Å². The Kier molecular flexibility index (Phi) is 3.39. The van der Waals surface area contributed by atoms with Crippen LogP contribution >= 0.6 is 0 Å². The SMILES string of the molecule is CCN(CC(=O)O)Cc1ncno1. The molecule has 0 saturated heterocycles. The lowest BCUT2D eigenvalue weighted by Gasteiger charge is -2.14. The molecule has 0 unspecified atom stereocenters. The van der Waals surface area contributed by atoms with E-state index < -0.39 is 5.97 Å². The van der Waals surface area contributed by atoms with Gasteiger partial charge in [-0.2, -0.15) is 4.98 Å². The molecule has 0 bridgehead atoms. The molecule has 1 rings (SSSR count). The third kappa shape index (κ3) is 3.20. The van der Waals surface area contributed by atoms with Crippen LogP contribution in [0.1, 0.15) is 12.8 Å². The first-order chi connectivity index (χ1) is 6.22. The van der Waals surface area contributed by atoms with Gasteiger partial charge in [0, 0.05) is 0 Å². The smallest absolute Gasteiger partial charge is 0.317 e. The van der Waals surface area contributed by atoms with Crippen molar-refractivity contribution in [3.05, 3.63) is 12.2 Å². The first-order valence-corrected chi connectivity index (χ1v) is 3.92. The van der Waals surface area contributed by atoms with Gasteiger partial charge in [-0.1, -0.05) is 12.1 Å². The summed E-state index contributed by atoms with van der Waals surface area (Å²) in [5, 5.41) is 12.0. The lowest BCUT2D eigenvalue weighted by atomic mass is 10.4. The summed E-state index contributed by atoms with van der Waals surface area (Å²) in [5.41, 5.74) is 0. The highest BCUT2D eigenvalue weighted by Crippen LogP contribution is 1.98. The molecule has 6 nitrogen and oxygen atoms in total. The largest absolute Gasteiger partial charge is 0.480 e. The Morgan fingerprint density at radius 3 is 3.00 bits per heavy atom. The normalized spacial score (nSPS) is 10.6. The number of likely N-dealkylation sites (N-methyl/N-ethyl adjacent to an activating group) is 1. The number of aromatic nitrogens is 2. The van der Waals surface area contributed by atoms with Gasteiger partial charge in [0.1, 0.15) is 0 Å². The van der Waals surface area contributed by atoms with Gasteiger partial charge < -0.3 is 9.63 Å². The third-order valence-corrected chi connectivity index (χ3v) is 1.57. The number of carboxylic acid groups (broad SMARTS) is 1. The second-order valence-electron chi connectivity index (χ2n) is 2.53. The van der Waals surface area contributed by atoms with Crippen LogP contribution < -0.4 is 0 Å². The first kappa shape index (κ1) is 9.66. The number of rotatable bonds is 5. The van der Waals surface area contributed by atoms with Crippen LogP contribution in [0, 0.1) is 0 Å². The Balaban J connectivity index is 2.45. The molecular weight excluding hydrogens is 174 g/mol. The van der Waals surface area contributed by atoms with Crippen LogP contribution in [0.25, 0.3) is 0 Å². The van der Waals surface area contributed by atoms with E-state index in [9.17, 15) is 4.79 Å². The molecule has 0 spiro atoms. The van der Waals surface area contributed by atoms with Gasteiger partial charge in [-0.3, -0.25) is 9.69 Å². The molecule has 0 aliphatic carbocycles. The summed E-state index contributed by atoms with van der Waals surface area (Å²) in [6.07, 6.45) is 1.30. The van der Waals surface area contributed by atoms with E-state index in [0.29, 0.717) is 19.0 Å². The van der Waals surface area contributed by atoms with Gasteiger partial charge in [0.25, 0.3) is 0 Å². The van der Waals surface area contributed by atoms with Crippen LogP contribution in [-0.2, 0) is 11.3 Å². The van der Waals surface area contributed by atoms with E-state index in [0.717, 1.165) is 0 Å². The summed E-state index contributed by atoms with van der Waals surface area (Å²) >= 11 is 0. The van der Waals surface area contributed by atoms with Crippen molar-refractivity contribution >= 4 is 5.97 Å². The average Bonchev–Trinajstić information content (AvgIpc) is 2.55. The second kappa shape index (κ2) is 4.56. The molecular formula is C7H11N3O3. The highest BCUT2D eigenvalue weighted by Gasteiger charge is 2.10. The molecule has 0 aromatic carbocycles. The number of aliphatic carboxylic acids is 1. The van der Waals surface area contributed by atoms with Crippen molar-refractivity contribution in [2.24, 2.45) is 0 Å². The van der Waals surface area contributed by atoms with Crippen LogP contribution in [0.3, 0.4) is 0 Å². The summed E-state index contributed by atoms with van der Waals surface area (Å²) in [4.78, 5) is 15.9. The van der Waals surface area contributed by atoms with Gasteiger partial charge in [0.2, 0.25) is 5.89 Å². The third-order valence-electron chi connectivity index (χ3n) is 1.57. The molecule has 0 fully saturated rings. The van der Waals surface area contributed by atoms with Crippen molar-refractivity contribution in [3.63, 3.8) is 0 Å². The van der Waals surface area contributed by atoms with Crippen molar-refractivity contribution in [2.75, 3.05) is 13.1 Å². The van der Waals surface area contributed by atoms with E-state index in [1.54, 1.807) is 4.90 Å². The Bertz CT molecular complexity index is 260. The molecule has 13 heavy (non-hydrogen) atoms. The molecule has 6 heteroatoms. The molecule has 1 aromatic rings. The van der Waals surface area contributed by atoms with Gasteiger partial charge in [-0.25, -0.2) is 0 Å². The van der Waals surface area contributed by atoms with E-state index in [1.165, 1.54) is 6.33 Å². The standard InChI is InChI=1S/C7H11N3O3/c1-2-10(4-7(11)12)3-6-8-5-9-13-6/h5H,2-4H2,1H3,(H,11,12). The topological polar surface area (TPSA) is 79.5 Å². The Hall–Kier alpha value is -1.43. The van der Waals surface area contributed by atoms with Gasteiger partial charge in [-0.15, -0.1) is 0 Å². The Morgan fingerprint density at radius 2 is 2.54 bits per heavy atom. The molecule has 1 N–H and O–H groups in total. The Morgan fingerprint density at radius 1 is 1.77 bits per heavy atom. The lowest BCUT2D eigenvalue weighted by molar-refractivity contribution is -0.138. The fraction of sp³-hybridized carbons (Fsp3) is 0.571. The van der Waals surface area contributed by atoms with Crippen molar-refractivity contribution < 1.29 is 14.4 Å². The quantitative estimate of drug-likeness (QED) is 0.694. The Labute approximate surface area is 75.2 Å². The van der Waals surface area contributed by atoms with Gasteiger partial charge in [0.05, 0.1) is 13.1 Å². The molecule has 0 saturated carbocycles. The van der Waals surface area contributed by atoms with Crippen molar-refractivity contribution in [2.45, 2.75) is 13.5 Å². The molecule has 0 aliphatic heterocycles. The summed E-state index contributed by atoms with van der Waals surface area (Å²) < 4.78 is 4.75. The van der Waals surface area contributed by atoms with E-state index in [1.807, 2.05) is 6.92 Å². The fourth-order valence-corrected chi connectivity index (χ4v) is 0.928. The minimum absolute atomic E-state index is 0.0150. The number of carboxylic acids is 1. The fourth-order valence-electron chi connectivity index (χ4n) is 0.928. The van der Waals surface area contributed by atoms with Crippen LogP contribution in [-0.4, -0.2) is 39.2 Å². The predicted octanol–water partition coefficient (Wildman–Crippen LogP) is -0.0239. The molecule has 0 aliphatic rings. The molecule has 0 atom stereocenters. The van der Waals surface area contributed by atoms with Crippen molar-refractivity contribution in [1.29, 1.82) is 0 Å². The summed E-state index contributed by atoms with van der Waals surface area (Å²) in [6, 6.07) is 0. The maximum Gasteiger partial charge on any atom is 0.317 e. The molecule has 1 heterocycles. The molecule has 0 amide bonds. The number of hydrogen-bond donors (Lipinski definition) is 1. The van der Waals surface area contributed by atoms with Gasteiger partial charge >= 0.3 is 5.97 Å². The number of nitrogens with zero attached hydrogens (tertiary/aromatic N) is 3. The average molecular weight is 185 g/mol. The van der Waals surface area contributed by atoms with Crippen molar-refractivity contribution in [3.8, 4) is 0 Å². The minimum atomic E-state index is -0.860. The minimum Gasteiger partial charge on any atom is -0.480 e. The number of hydrogen-bond acceptors (Lipinski definition) is 5. The highest BCUT2D eigenvalue weighted by atomic mass is 16.5. The van der Waals surface area contributed by atoms with Crippen LogP contribution in [0.5, 0.6) is 0 Å². The maximum absolute atomic E-state index is 10.4. The summed E-state index contributed by atoms with van der Waals surface area (Å²) in [6.45, 7) is 2.87. The molecule has 72 valence electrons. The summed E-state index contributed by atoms with van der Waals surface area (Å²) in [5.74, 6) is -0.426. The van der Waals surface area contributed by atoms with Crippen LogP contribution in [0.2, 0.25) is 0 Å². The molecule has 1 aromatic heterocycles. The van der Waals surface area contributed by atoms with E-state index in [2.05, 4.69) is 10.1 Å². The van der Waals surface area contributed by atoms with Gasteiger partial charge in [0.15, 0.2) is 6.33 Å². The van der Waals surface area contributed by atoms with E-state index in [-0.39, 0.29) is 6.54 Å². The van der Waals surface area contributed by atoms with Crippen molar-refractivity contribution in [1.82, 2.24) is 15.0 Å². The zero-order valence-electron chi connectivity index (χ0n) is 7.30. The second-order valence-corrected chi connectivity index (χ2v) is 2.53.